The van der Waals surface area contributed by atoms with Crippen LogP contribution in [-0.2, 0) is 45.5 Å². The molecule has 8 rings (SSSR count). The van der Waals surface area contributed by atoms with Gasteiger partial charge in [0.2, 0.25) is 15.9 Å². The number of aromatic nitrogens is 6. The number of aryl methyl sites for hydroxylation is 1. The molecule has 0 spiro atoms. The van der Waals surface area contributed by atoms with Crippen molar-refractivity contribution in [3.05, 3.63) is 103 Å². The van der Waals surface area contributed by atoms with Crippen molar-refractivity contribution in [3.8, 4) is 5.69 Å². The maximum absolute atomic E-state index is 15.5. The van der Waals surface area contributed by atoms with Crippen LogP contribution in [0.4, 0.5) is 32.2 Å². The Balaban J connectivity index is 1.33. The van der Waals surface area contributed by atoms with E-state index in [0.29, 0.717) is 10.7 Å². The van der Waals surface area contributed by atoms with E-state index in [-0.39, 0.29) is 74.1 Å². The maximum Gasteiger partial charge on any atom is 0.293 e. The fraction of sp³-hybridized carbons (Fsp3) is 0.439. The summed E-state index contributed by atoms with van der Waals surface area (Å²) >= 11 is 6.64. The third-order valence-corrected chi connectivity index (χ3v) is 12.6. The number of hydrogen-bond donors (Lipinski definition) is 2. The molecule has 62 heavy (non-hydrogen) atoms. The van der Waals surface area contributed by atoms with Gasteiger partial charge in [0.1, 0.15) is 35.4 Å². The molecule has 0 radical (unpaired) electrons. The van der Waals surface area contributed by atoms with Crippen LogP contribution in [0.5, 0.6) is 0 Å². The normalized spacial score (nSPS) is 21.0. The van der Waals surface area contributed by atoms with E-state index < -0.39 is 99.7 Å². The molecule has 330 valence electrons. The summed E-state index contributed by atoms with van der Waals surface area (Å²) in [5.74, 6) is -9.38. The van der Waals surface area contributed by atoms with E-state index in [9.17, 15) is 30.8 Å². The highest BCUT2D eigenvalue weighted by molar-refractivity contribution is 7.92. The Kier molecular flexibility index (Phi) is 10.9. The van der Waals surface area contributed by atoms with E-state index >= 15 is 13.6 Å². The van der Waals surface area contributed by atoms with Gasteiger partial charge in [-0.2, -0.15) is 19.0 Å². The first-order valence-corrected chi connectivity index (χ1v) is 22.0. The average molecular weight is 907 g/mol. The number of carbonyl (C=O) groups is 1. The van der Waals surface area contributed by atoms with Gasteiger partial charge < -0.3 is 10.1 Å². The van der Waals surface area contributed by atoms with Gasteiger partial charge in [0.25, 0.3) is 17.9 Å². The largest absolute Gasteiger partial charge is 0.370 e. The van der Waals surface area contributed by atoms with Crippen molar-refractivity contribution < 1.29 is 44.3 Å². The quantitative estimate of drug-likeness (QED) is 0.116. The van der Waals surface area contributed by atoms with Crippen molar-refractivity contribution in [2.24, 2.45) is 18.9 Å². The average Bonchev–Trinajstić information content (AvgIpc) is 3.71. The second-order valence-electron chi connectivity index (χ2n) is 16.5. The molecule has 3 aliphatic rings. The minimum absolute atomic E-state index is 0.00172. The van der Waals surface area contributed by atoms with Crippen LogP contribution in [0, 0.1) is 23.5 Å². The zero-order valence-electron chi connectivity index (χ0n) is 34.1. The first-order valence-electron chi connectivity index (χ1n) is 19.7. The van der Waals surface area contributed by atoms with Crippen LogP contribution in [0.15, 0.2) is 41.2 Å². The highest BCUT2D eigenvalue weighted by Crippen LogP contribution is 2.68. The lowest BCUT2D eigenvalue weighted by Gasteiger charge is -2.32. The molecule has 6 atom stereocenters. The van der Waals surface area contributed by atoms with Crippen molar-refractivity contribution in [1.82, 2.24) is 34.4 Å². The number of halogens is 7. The Hall–Kier alpha value is -5.21. The number of nitrogens with zero attached hydrogens (tertiary/aromatic N) is 6. The lowest BCUT2D eigenvalue weighted by atomic mass is 9.90. The van der Waals surface area contributed by atoms with Crippen molar-refractivity contribution in [1.29, 1.82) is 0 Å². The number of fused-ring (bicyclic) bond motifs is 5. The molecule has 3 heterocycles. The van der Waals surface area contributed by atoms with Gasteiger partial charge >= 0.3 is 0 Å². The number of ether oxygens (including phenoxy) is 1. The Morgan fingerprint density at radius 3 is 2.44 bits per heavy atom. The minimum atomic E-state index is -3.90. The first kappa shape index (κ1) is 43.4. The zero-order valence-corrected chi connectivity index (χ0v) is 35.6. The molecule has 1 saturated carbocycles. The lowest BCUT2D eigenvalue weighted by Crippen LogP contribution is -2.40. The molecule has 0 bridgehead atoms. The monoisotopic (exact) mass is 906 g/mol. The number of anilines is 1. The molecule has 0 aliphatic heterocycles. The number of amides is 1. The molecular formula is C41H41ClF6N8O5S. The lowest BCUT2D eigenvalue weighted by molar-refractivity contribution is -0.123. The minimum Gasteiger partial charge on any atom is -0.370 e. The molecular weight excluding hydrogens is 866 g/mol. The number of alkyl halides is 4. The molecule has 13 nitrogen and oxygen atoms in total. The summed E-state index contributed by atoms with van der Waals surface area (Å²) in [6.07, 6.45) is -0.261. The van der Waals surface area contributed by atoms with Crippen molar-refractivity contribution in [3.63, 3.8) is 0 Å². The van der Waals surface area contributed by atoms with Crippen LogP contribution in [0.25, 0.3) is 22.7 Å². The zero-order chi connectivity index (χ0) is 44.9. The maximum atomic E-state index is 15.5. The predicted octanol–water partition coefficient (Wildman–Crippen LogP) is 7.43. The van der Waals surface area contributed by atoms with Gasteiger partial charge in [-0.25, -0.2) is 31.0 Å². The number of hydrogen-bond acceptors (Lipinski definition) is 8. The molecule has 3 aromatic heterocycles. The van der Waals surface area contributed by atoms with E-state index in [2.05, 4.69) is 20.2 Å². The predicted molar refractivity (Wildman–Crippen MR) is 217 cm³/mol. The van der Waals surface area contributed by atoms with Gasteiger partial charge in [-0.1, -0.05) is 38.4 Å². The number of carbonyl (C=O) groups excluding carboxylic acids is 1. The Morgan fingerprint density at radius 2 is 1.79 bits per heavy atom. The van der Waals surface area contributed by atoms with Gasteiger partial charge in [-0.15, -0.1) is 0 Å². The molecule has 2 N–H and O–H groups in total. The van der Waals surface area contributed by atoms with Crippen LogP contribution < -0.4 is 15.6 Å². The molecule has 4 unspecified atom stereocenters. The van der Waals surface area contributed by atoms with Gasteiger partial charge in [0, 0.05) is 36.9 Å². The van der Waals surface area contributed by atoms with Crippen LogP contribution in [0.2, 0.25) is 5.02 Å². The SMILES string of the molecule is CC1c2nc([C@H](Cc3cc(F)cc(F)c3)NC(=O)Cn3nc(C(F)F)c4c3C(F)(F)C3CC43)n(-c3ccc(Cl)c4c(NS(C)(=O)=O)nn(C)c34)c(=O)c2C=CC1O[C@H](C)C(C)C. The Bertz CT molecular complexity index is 2840. The van der Waals surface area contributed by atoms with E-state index in [1.165, 1.54) is 23.9 Å². The molecule has 5 aromatic rings. The molecule has 0 saturated heterocycles. The molecule has 1 amide bonds. The van der Waals surface area contributed by atoms with Crippen molar-refractivity contribution in [2.45, 2.75) is 89.5 Å². The highest BCUT2D eigenvalue weighted by atomic mass is 35.5. The summed E-state index contributed by atoms with van der Waals surface area (Å²) in [4.78, 5) is 34.3. The first-order chi connectivity index (χ1) is 29.0. The van der Waals surface area contributed by atoms with E-state index in [1.54, 1.807) is 19.1 Å². The third-order valence-electron chi connectivity index (χ3n) is 11.8. The summed E-state index contributed by atoms with van der Waals surface area (Å²) in [5, 5.41) is 10.9. The van der Waals surface area contributed by atoms with Crippen molar-refractivity contribution >= 4 is 50.3 Å². The van der Waals surface area contributed by atoms with Crippen LogP contribution in [0.3, 0.4) is 0 Å². The molecule has 21 heteroatoms. The van der Waals surface area contributed by atoms with Crippen LogP contribution in [0.1, 0.15) is 98.0 Å². The van der Waals surface area contributed by atoms with Crippen LogP contribution >= 0.6 is 11.6 Å². The van der Waals surface area contributed by atoms with Gasteiger partial charge in [-0.3, -0.25) is 28.2 Å². The number of rotatable bonds is 13. The number of benzene rings is 2. The summed E-state index contributed by atoms with van der Waals surface area (Å²) in [7, 11) is -2.44. The third kappa shape index (κ3) is 7.67. The van der Waals surface area contributed by atoms with Crippen LogP contribution in [-0.4, -0.2) is 61.9 Å². The van der Waals surface area contributed by atoms with Gasteiger partial charge in [0.15, 0.2) is 5.82 Å². The van der Waals surface area contributed by atoms with E-state index in [0.717, 1.165) is 23.0 Å². The highest BCUT2D eigenvalue weighted by Gasteiger charge is 2.67. The van der Waals surface area contributed by atoms with Gasteiger partial charge in [0.05, 0.1) is 57.4 Å². The topological polar surface area (TPSA) is 155 Å². The molecule has 1 fully saturated rings. The molecule has 2 aromatic carbocycles. The fourth-order valence-electron chi connectivity index (χ4n) is 8.53. The van der Waals surface area contributed by atoms with E-state index in [4.69, 9.17) is 21.3 Å². The summed E-state index contributed by atoms with van der Waals surface area (Å²) < 4.78 is 125. The second-order valence-corrected chi connectivity index (χ2v) is 18.7. The van der Waals surface area contributed by atoms with Gasteiger partial charge in [-0.05, 0) is 61.1 Å². The fourth-order valence-corrected chi connectivity index (χ4v) is 9.27. The second kappa shape index (κ2) is 15.5. The number of sulfonamides is 1. The smallest absolute Gasteiger partial charge is 0.293 e. The summed E-state index contributed by atoms with van der Waals surface area (Å²) in [5.41, 5.74) is -2.09. The molecule has 3 aliphatic carbocycles. The standard InChI is InChI=1S/C41H41ClF6N8O5S/c1-17(2)19(4)61-29-10-7-23-33(18(29)3)50-39(56(40(23)58)28-9-8-26(42)32-35(28)54(5)52-38(32)53-62(6,59)60)27(13-20-11-21(43)14-22(44)12-20)49-30(57)16-55-36-31(34(51-55)37(45)46)24-15-25(24)41(36,47)48/h7-12,14,17-19,24-25,27,29,37H,13,15-16H2,1-6H3,(H,49,57)(H,52,53)/t18?,19-,24?,25?,27+,29?/m1/s1. The number of nitrogens with one attached hydrogen (secondary N) is 2. The summed E-state index contributed by atoms with van der Waals surface area (Å²) in [6.45, 7) is 6.66. The Labute approximate surface area is 356 Å². The van der Waals surface area contributed by atoms with Crippen molar-refractivity contribution in [2.75, 3.05) is 11.0 Å². The Morgan fingerprint density at radius 1 is 1.10 bits per heavy atom. The summed E-state index contributed by atoms with van der Waals surface area (Å²) in [6, 6.07) is 3.97. The van der Waals surface area contributed by atoms with E-state index in [1.807, 2.05) is 20.8 Å².